The molecule has 112 valence electrons. The van der Waals surface area contributed by atoms with Crippen LogP contribution in [0.2, 0.25) is 0 Å². The first-order chi connectivity index (χ1) is 9.92. The molecule has 1 atom stereocenters. The summed E-state index contributed by atoms with van der Waals surface area (Å²) in [5.41, 5.74) is -0.295. The highest BCUT2D eigenvalue weighted by Crippen LogP contribution is 2.22. The van der Waals surface area contributed by atoms with Crippen molar-refractivity contribution >= 4 is 23.5 Å². The van der Waals surface area contributed by atoms with Crippen LogP contribution in [0.3, 0.4) is 0 Å². The first kappa shape index (κ1) is 15.0. The molecule has 1 aromatic rings. The number of rotatable bonds is 4. The molecule has 1 aliphatic rings. The van der Waals surface area contributed by atoms with Crippen molar-refractivity contribution in [1.29, 1.82) is 0 Å². The monoisotopic (exact) mass is 294 g/mol. The topological polar surface area (TPSA) is 86.7 Å². The zero-order valence-electron chi connectivity index (χ0n) is 11.4. The third-order valence-corrected chi connectivity index (χ3v) is 3.44. The third-order valence-electron chi connectivity index (χ3n) is 3.44. The number of carboxylic acids is 1. The van der Waals surface area contributed by atoms with Crippen LogP contribution < -0.4 is 5.32 Å². The number of anilines is 1. The van der Waals surface area contributed by atoms with Crippen LogP contribution in [0.5, 0.6) is 0 Å². The molecule has 7 heteroatoms. The Morgan fingerprint density at radius 2 is 2.19 bits per heavy atom. The lowest BCUT2D eigenvalue weighted by Gasteiger charge is -2.14. The number of likely N-dealkylation sites (tertiary alicyclic amines) is 1. The van der Waals surface area contributed by atoms with E-state index in [1.54, 1.807) is 4.90 Å². The Hall–Kier alpha value is -2.44. The van der Waals surface area contributed by atoms with Gasteiger partial charge in [-0.05, 0) is 25.1 Å². The maximum Gasteiger partial charge on any atom is 0.337 e. The lowest BCUT2D eigenvalue weighted by atomic mass is 10.1. The number of carboxylic acid groups (broad SMARTS) is 1. The zero-order valence-corrected chi connectivity index (χ0v) is 11.4. The number of aromatic carboxylic acids is 1. The molecule has 1 fully saturated rings. The van der Waals surface area contributed by atoms with Crippen LogP contribution in [-0.4, -0.2) is 40.9 Å². The Labute approximate surface area is 120 Å². The van der Waals surface area contributed by atoms with Gasteiger partial charge < -0.3 is 15.3 Å². The third kappa shape index (κ3) is 3.18. The summed E-state index contributed by atoms with van der Waals surface area (Å²) in [6.45, 7) is 2.62. The van der Waals surface area contributed by atoms with Gasteiger partial charge in [0.05, 0.1) is 17.2 Å². The number of carbonyl (C=O) groups excluding carboxylic acids is 2. The molecule has 1 saturated heterocycles. The lowest BCUT2D eigenvalue weighted by Crippen LogP contribution is -2.28. The highest BCUT2D eigenvalue weighted by Gasteiger charge is 2.33. The van der Waals surface area contributed by atoms with Crippen molar-refractivity contribution in [2.24, 2.45) is 5.92 Å². The summed E-state index contributed by atoms with van der Waals surface area (Å²) in [4.78, 5) is 36.3. The number of benzene rings is 1. The first-order valence-corrected chi connectivity index (χ1v) is 6.53. The summed E-state index contributed by atoms with van der Waals surface area (Å²) in [5, 5.41) is 11.4. The first-order valence-electron chi connectivity index (χ1n) is 6.53. The molecular formula is C14H15FN2O4. The minimum atomic E-state index is -1.26. The van der Waals surface area contributed by atoms with Crippen LogP contribution in [0.25, 0.3) is 0 Å². The number of hydrogen-bond acceptors (Lipinski definition) is 3. The molecule has 0 spiro atoms. The van der Waals surface area contributed by atoms with Crippen molar-refractivity contribution in [3.63, 3.8) is 0 Å². The standard InChI is InChI=1S/C14H15FN2O4/c1-2-17-7-8(5-12(17)18)13(19)16-11-6-9(15)3-4-10(11)14(20)21/h3-4,6,8H,2,5,7H2,1H3,(H,16,19)(H,20,21). The van der Waals surface area contributed by atoms with Crippen LogP contribution in [0.15, 0.2) is 18.2 Å². The molecule has 0 aromatic heterocycles. The quantitative estimate of drug-likeness (QED) is 0.877. The Bertz CT molecular complexity index is 603. The normalized spacial score (nSPS) is 17.9. The fourth-order valence-electron chi connectivity index (χ4n) is 2.29. The van der Waals surface area contributed by atoms with E-state index in [1.807, 2.05) is 6.92 Å². The molecule has 2 N–H and O–H groups in total. The fourth-order valence-corrected chi connectivity index (χ4v) is 2.29. The minimum Gasteiger partial charge on any atom is -0.478 e. The number of amides is 2. The van der Waals surface area contributed by atoms with Gasteiger partial charge in [0, 0.05) is 19.5 Å². The second-order valence-electron chi connectivity index (χ2n) is 4.82. The maximum atomic E-state index is 13.2. The largest absolute Gasteiger partial charge is 0.478 e. The molecule has 0 bridgehead atoms. The van der Waals surface area contributed by atoms with E-state index in [0.29, 0.717) is 13.1 Å². The second-order valence-corrected chi connectivity index (χ2v) is 4.82. The number of nitrogens with zero attached hydrogens (tertiary/aromatic N) is 1. The van der Waals surface area contributed by atoms with Crippen LogP contribution in [-0.2, 0) is 9.59 Å². The summed E-state index contributed by atoms with van der Waals surface area (Å²) in [7, 11) is 0. The molecule has 0 saturated carbocycles. The average Bonchev–Trinajstić information content (AvgIpc) is 2.79. The van der Waals surface area contributed by atoms with Crippen molar-refractivity contribution in [2.45, 2.75) is 13.3 Å². The van der Waals surface area contributed by atoms with Crippen LogP contribution >= 0.6 is 0 Å². The summed E-state index contributed by atoms with van der Waals surface area (Å²) in [6, 6.07) is 3.05. The molecule has 1 aliphatic heterocycles. The highest BCUT2D eigenvalue weighted by molar-refractivity contribution is 6.02. The summed E-state index contributed by atoms with van der Waals surface area (Å²) in [6.07, 6.45) is 0.0807. The van der Waals surface area contributed by atoms with Gasteiger partial charge in [0.1, 0.15) is 5.82 Å². The van der Waals surface area contributed by atoms with Crippen LogP contribution in [0, 0.1) is 11.7 Å². The van der Waals surface area contributed by atoms with Gasteiger partial charge in [0.25, 0.3) is 0 Å². The summed E-state index contributed by atoms with van der Waals surface area (Å²) >= 11 is 0. The Morgan fingerprint density at radius 1 is 1.48 bits per heavy atom. The Balaban J connectivity index is 2.15. The minimum absolute atomic E-state index is 0.0807. The van der Waals surface area contributed by atoms with Crippen molar-refractivity contribution in [3.05, 3.63) is 29.6 Å². The molecule has 2 rings (SSSR count). The van der Waals surface area contributed by atoms with Gasteiger partial charge in [-0.15, -0.1) is 0 Å². The van der Waals surface area contributed by atoms with Gasteiger partial charge in [0.15, 0.2) is 0 Å². The Kier molecular flexibility index (Phi) is 4.21. The molecule has 1 heterocycles. The van der Waals surface area contributed by atoms with E-state index in [0.717, 1.165) is 18.2 Å². The van der Waals surface area contributed by atoms with E-state index in [1.165, 1.54) is 0 Å². The van der Waals surface area contributed by atoms with Crippen molar-refractivity contribution in [1.82, 2.24) is 4.90 Å². The SMILES string of the molecule is CCN1CC(C(=O)Nc2cc(F)ccc2C(=O)O)CC1=O. The number of hydrogen-bond donors (Lipinski definition) is 2. The average molecular weight is 294 g/mol. The molecule has 21 heavy (non-hydrogen) atoms. The molecule has 6 nitrogen and oxygen atoms in total. The fraction of sp³-hybridized carbons (Fsp3) is 0.357. The van der Waals surface area contributed by atoms with E-state index in [9.17, 15) is 18.8 Å². The lowest BCUT2D eigenvalue weighted by molar-refractivity contribution is -0.128. The zero-order chi connectivity index (χ0) is 15.6. The molecule has 0 aliphatic carbocycles. The van der Waals surface area contributed by atoms with Gasteiger partial charge >= 0.3 is 5.97 Å². The second kappa shape index (κ2) is 5.90. The van der Waals surface area contributed by atoms with Gasteiger partial charge in [0.2, 0.25) is 11.8 Å². The number of carbonyl (C=O) groups is 3. The van der Waals surface area contributed by atoms with Crippen molar-refractivity contribution in [3.8, 4) is 0 Å². The number of nitrogens with one attached hydrogen (secondary N) is 1. The summed E-state index contributed by atoms with van der Waals surface area (Å²) in [5.74, 6) is -3.05. The van der Waals surface area contributed by atoms with E-state index in [4.69, 9.17) is 5.11 Å². The maximum absolute atomic E-state index is 13.2. The molecule has 2 amide bonds. The molecule has 0 radical (unpaired) electrons. The molecular weight excluding hydrogens is 279 g/mol. The highest BCUT2D eigenvalue weighted by atomic mass is 19.1. The predicted octanol–water partition coefficient (Wildman–Crippen LogP) is 1.33. The van der Waals surface area contributed by atoms with E-state index < -0.39 is 23.6 Å². The van der Waals surface area contributed by atoms with Crippen molar-refractivity contribution in [2.75, 3.05) is 18.4 Å². The van der Waals surface area contributed by atoms with Gasteiger partial charge in [-0.25, -0.2) is 9.18 Å². The Morgan fingerprint density at radius 3 is 2.76 bits per heavy atom. The smallest absolute Gasteiger partial charge is 0.337 e. The molecule has 1 aromatic carbocycles. The van der Waals surface area contributed by atoms with E-state index in [-0.39, 0.29) is 23.6 Å². The van der Waals surface area contributed by atoms with Crippen LogP contribution in [0.4, 0.5) is 10.1 Å². The van der Waals surface area contributed by atoms with Crippen molar-refractivity contribution < 1.29 is 23.9 Å². The van der Waals surface area contributed by atoms with E-state index >= 15 is 0 Å². The van der Waals surface area contributed by atoms with Gasteiger partial charge in [-0.1, -0.05) is 0 Å². The predicted molar refractivity (Wildman–Crippen MR) is 72.4 cm³/mol. The number of halogens is 1. The van der Waals surface area contributed by atoms with Gasteiger partial charge in [-0.3, -0.25) is 9.59 Å². The van der Waals surface area contributed by atoms with Crippen LogP contribution in [0.1, 0.15) is 23.7 Å². The van der Waals surface area contributed by atoms with E-state index in [2.05, 4.69) is 5.32 Å². The summed E-state index contributed by atoms with van der Waals surface area (Å²) < 4.78 is 13.2. The molecule has 1 unspecified atom stereocenters. The van der Waals surface area contributed by atoms with Gasteiger partial charge in [-0.2, -0.15) is 0 Å².